The van der Waals surface area contributed by atoms with E-state index in [1.807, 2.05) is 30.3 Å². The summed E-state index contributed by atoms with van der Waals surface area (Å²) in [4.78, 5) is 12.5. The van der Waals surface area contributed by atoms with Crippen LogP contribution in [0.2, 0.25) is 0 Å². The van der Waals surface area contributed by atoms with E-state index >= 15 is 0 Å². The van der Waals surface area contributed by atoms with Crippen molar-refractivity contribution >= 4 is 49.9 Å². The highest BCUT2D eigenvalue weighted by atomic mass is 16.3. The number of para-hydroxylation sites is 2. The Hall–Kier alpha value is -4.12. The Morgan fingerprint density at radius 3 is 2.69 bits per heavy atom. The van der Waals surface area contributed by atoms with Crippen LogP contribution in [0.1, 0.15) is 0 Å². The van der Waals surface area contributed by atoms with Gasteiger partial charge in [0.15, 0.2) is 0 Å². The number of pyridine rings is 1. The number of fused-ring (bicyclic) bond motifs is 8. The first-order valence-electron chi connectivity index (χ1n) is 9.52. The summed E-state index contributed by atoms with van der Waals surface area (Å²) in [7, 11) is 0. The molecule has 0 radical (unpaired) electrons. The Balaban J connectivity index is 1.50. The van der Waals surface area contributed by atoms with Gasteiger partial charge in [0.05, 0.1) is 22.1 Å². The monoisotopic (exact) mass is 374 g/mol. The maximum atomic E-state index is 5.87. The maximum absolute atomic E-state index is 5.87. The van der Waals surface area contributed by atoms with E-state index in [1.165, 1.54) is 0 Å². The summed E-state index contributed by atoms with van der Waals surface area (Å²) >= 11 is 0. The zero-order chi connectivity index (χ0) is 18.9. The normalized spacial score (nSPS) is 12.1. The lowest BCUT2D eigenvalue weighted by atomic mass is 10.0. The molecule has 5 nitrogen and oxygen atoms in total. The number of furan rings is 1. The average molecular weight is 374 g/mol. The van der Waals surface area contributed by atoms with Crippen LogP contribution in [-0.2, 0) is 0 Å². The molecule has 0 bridgehead atoms. The summed E-state index contributed by atoms with van der Waals surface area (Å²) < 4.78 is 8.05. The van der Waals surface area contributed by atoms with E-state index in [9.17, 15) is 0 Å². The number of hydrogen-bond donors (Lipinski definition) is 1. The molecule has 0 spiro atoms. The van der Waals surface area contributed by atoms with Gasteiger partial charge in [0.25, 0.3) is 0 Å². The van der Waals surface area contributed by atoms with Gasteiger partial charge in [-0.3, -0.25) is 4.40 Å². The van der Waals surface area contributed by atoms with Gasteiger partial charge in [0.1, 0.15) is 5.58 Å². The van der Waals surface area contributed by atoms with Crippen molar-refractivity contribution in [2.45, 2.75) is 0 Å². The third kappa shape index (κ3) is 1.99. The van der Waals surface area contributed by atoms with E-state index in [1.54, 1.807) is 6.20 Å². The van der Waals surface area contributed by atoms with E-state index in [2.05, 4.69) is 56.8 Å². The number of benzene rings is 3. The van der Waals surface area contributed by atoms with Crippen molar-refractivity contribution in [3.05, 3.63) is 79.0 Å². The molecule has 0 unspecified atom stereocenters. The van der Waals surface area contributed by atoms with Gasteiger partial charge in [0, 0.05) is 17.0 Å². The molecular formula is C24H14N4O. The van der Waals surface area contributed by atoms with E-state index in [0.29, 0.717) is 5.71 Å². The van der Waals surface area contributed by atoms with Gasteiger partial charge in [-0.2, -0.15) is 0 Å². The minimum absolute atomic E-state index is 0.673. The lowest BCUT2D eigenvalue weighted by Crippen LogP contribution is -1.83. The van der Waals surface area contributed by atoms with Crippen molar-refractivity contribution < 1.29 is 4.42 Å². The van der Waals surface area contributed by atoms with Crippen LogP contribution >= 0.6 is 0 Å². The molecule has 0 amide bonds. The summed E-state index contributed by atoms with van der Waals surface area (Å²) in [6.45, 7) is 0. The third-order valence-corrected chi connectivity index (χ3v) is 5.63. The average Bonchev–Trinajstić information content (AvgIpc) is 3.42. The second-order valence-electron chi connectivity index (χ2n) is 7.29. The molecule has 0 saturated carbocycles. The Bertz CT molecular complexity index is 1720. The van der Waals surface area contributed by atoms with Crippen LogP contribution in [0.15, 0.2) is 83.4 Å². The predicted octanol–water partition coefficient (Wildman–Crippen LogP) is 5.93. The maximum Gasteiger partial charge on any atom is 0.227 e. The Kier molecular flexibility index (Phi) is 2.68. The van der Waals surface area contributed by atoms with E-state index in [-0.39, 0.29) is 0 Å². The van der Waals surface area contributed by atoms with Gasteiger partial charge < -0.3 is 9.40 Å². The molecule has 7 aromatic rings. The SMILES string of the molecule is c1ccc2c(c1)nc1[nH]c3ccc(-c4ccc5oc6ncccc6c5c4)cc3n12. The Morgan fingerprint density at radius 2 is 1.69 bits per heavy atom. The van der Waals surface area contributed by atoms with Crippen molar-refractivity contribution in [2.75, 3.05) is 0 Å². The van der Waals surface area contributed by atoms with Crippen LogP contribution in [0, 0.1) is 0 Å². The van der Waals surface area contributed by atoms with Gasteiger partial charge in [0.2, 0.25) is 11.5 Å². The van der Waals surface area contributed by atoms with Crippen molar-refractivity contribution in [1.82, 2.24) is 19.4 Å². The largest absolute Gasteiger partial charge is 0.438 e. The summed E-state index contributed by atoms with van der Waals surface area (Å²) in [5.74, 6) is 0.862. The predicted molar refractivity (Wildman–Crippen MR) is 115 cm³/mol. The smallest absolute Gasteiger partial charge is 0.227 e. The molecule has 0 atom stereocenters. The minimum Gasteiger partial charge on any atom is -0.438 e. The summed E-state index contributed by atoms with van der Waals surface area (Å²) in [5, 5.41) is 2.12. The lowest BCUT2D eigenvalue weighted by Gasteiger charge is -2.03. The number of nitrogens with one attached hydrogen (secondary N) is 1. The van der Waals surface area contributed by atoms with Gasteiger partial charge >= 0.3 is 0 Å². The first-order chi connectivity index (χ1) is 14.3. The van der Waals surface area contributed by atoms with Gasteiger partial charge in [-0.15, -0.1) is 0 Å². The van der Waals surface area contributed by atoms with E-state index in [4.69, 9.17) is 9.40 Å². The highest BCUT2D eigenvalue weighted by molar-refractivity contribution is 6.05. The summed E-state index contributed by atoms with van der Waals surface area (Å²) in [5.41, 5.74) is 8.10. The molecule has 4 heterocycles. The van der Waals surface area contributed by atoms with Gasteiger partial charge in [-0.1, -0.05) is 24.3 Å². The number of rotatable bonds is 1. The molecule has 7 rings (SSSR count). The van der Waals surface area contributed by atoms with Crippen molar-refractivity contribution in [1.29, 1.82) is 0 Å². The first kappa shape index (κ1) is 14.9. The Morgan fingerprint density at radius 1 is 0.793 bits per heavy atom. The Labute approximate surface area is 164 Å². The van der Waals surface area contributed by atoms with E-state index < -0.39 is 0 Å². The van der Waals surface area contributed by atoms with E-state index in [0.717, 1.165) is 55.3 Å². The molecule has 3 aromatic carbocycles. The van der Waals surface area contributed by atoms with Crippen LogP contribution in [0.25, 0.3) is 61.0 Å². The topological polar surface area (TPSA) is 59.1 Å². The van der Waals surface area contributed by atoms with Crippen LogP contribution in [0.3, 0.4) is 0 Å². The fourth-order valence-electron chi connectivity index (χ4n) is 4.27. The number of aromatic nitrogens is 4. The summed E-state index contributed by atoms with van der Waals surface area (Å²) in [6.07, 6.45) is 1.76. The molecule has 0 aliphatic rings. The van der Waals surface area contributed by atoms with Gasteiger partial charge in [-0.05, 0) is 59.7 Å². The molecule has 5 heteroatoms. The van der Waals surface area contributed by atoms with Crippen molar-refractivity contribution in [3.8, 4) is 11.1 Å². The first-order valence-corrected chi connectivity index (χ1v) is 9.52. The number of nitrogens with zero attached hydrogens (tertiary/aromatic N) is 3. The third-order valence-electron chi connectivity index (χ3n) is 5.63. The number of H-pyrrole nitrogens is 1. The zero-order valence-electron chi connectivity index (χ0n) is 15.3. The quantitative estimate of drug-likeness (QED) is 0.387. The molecule has 0 fully saturated rings. The molecule has 0 aliphatic heterocycles. The fraction of sp³-hybridized carbons (Fsp3) is 0. The van der Waals surface area contributed by atoms with Crippen molar-refractivity contribution in [3.63, 3.8) is 0 Å². The second-order valence-corrected chi connectivity index (χ2v) is 7.29. The zero-order valence-corrected chi connectivity index (χ0v) is 15.3. The number of aromatic amines is 1. The standard InChI is InChI=1S/C24H14N4O/c1-2-6-20-18(5-1)26-24-27-19-9-7-15(13-21(19)28(20)24)14-8-10-22-17(12-14)16-4-3-11-25-23(16)29-22/h1-13H,(H,26,27). The lowest BCUT2D eigenvalue weighted by molar-refractivity contribution is 0.654. The summed E-state index contributed by atoms with van der Waals surface area (Å²) in [6, 6.07) is 25.0. The molecule has 1 N–H and O–H groups in total. The highest BCUT2D eigenvalue weighted by Crippen LogP contribution is 2.33. The molecule has 0 saturated heterocycles. The molecule has 29 heavy (non-hydrogen) atoms. The van der Waals surface area contributed by atoms with Crippen LogP contribution in [0.4, 0.5) is 0 Å². The van der Waals surface area contributed by atoms with Crippen LogP contribution < -0.4 is 0 Å². The van der Waals surface area contributed by atoms with Crippen molar-refractivity contribution in [2.24, 2.45) is 0 Å². The molecular weight excluding hydrogens is 360 g/mol. The molecule has 136 valence electrons. The second kappa shape index (κ2) is 5.23. The number of hydrogen-bond acceptors (Lipinski definition) is 3. The van der Waals surface area contributed by atoms with Gasteiger partial charge in [-0.25, -0.2) is 9.97 Å². The molecule has 4 aromatic heterocycles. The fourth-order valence-corrected chi connectivity index (χ4v) is 4.27. The highest BCUT2D eigenvalue weighted by Gasteiger charge is 2.13. The molecule has 0 aliphatic carbocycles. The van der Waals surface area contributed by atoms with Crippen LogP contribution in [-0.4, -0.2) is 19.4 Å². The van der Waals surface area contributed by atoms with Crippen LogP contribution in [0.5, 0.6) is 0 Å². The number of imidazole rings is 2. The minimum atomic E-state index is 0.673.